The standard InChI is InChI=1S/C14H19N5O/c1-2-15-14(20)18-9-6-11(7-10-18)13-17-16-12-5-3-4-8-19(12)13/h3-5,8,11H,2,6-7,9-10H2,1H3,(H,15,20). The number of rotatable bonds is 2. The van der Waals surface area contributed by atoms with Crippen LogP contribution in [0.4, 0.5) is 4.79 Å². The fourth-order valence-electron chi connectivity index (χ4n) is 2.74. The molecule has 0 atom stereocenters. The third-order valence-electron chi connectivity index (χ3n) is 3.82. The molecule has 1 saturated heterocycles. The Balaban J connectivity index is 1.70. The number of fused-ring (bicyclic) bond motifs is 1. The summed E-state index contributed by atoms with van der Waals surface area (Å²) in [5, 5.41) is 11.4. The summed E-state index contributed by atoms with van der Waals surface area (Å²) < 4.78 is 2.05. The number of likely N-dealkylation sites (tertiary alicyclic amines) is 1. The first-order chi connectivity index (χ1) is 9.79. The molecule has 2 aromatic heterocycles. The number of pyridine rings is 1. The Hall–Kier alpha value is -2.11. The van der Waals surface area contributed by atoms with Crippen LogP contribution in [0.3, 0.4) is 0 Å². The molecule has 20 heavy (non-hydrogen) atoms. The van der Waals surface area contributed by atoms with Crippen LogP contribution in [0.1, 0.15) is 31.5 Å². The summed E-state index contributed by atoms with van der Waals surface area (Å²) in [4.78, 5) is 13.7. The van der Waals surface area contributed by atoms with Crippen LogP contribution in [-0.4, -0.2) is 45.2 Å². The number of nitrogens with one attached hydrogen (secondary N) is 1. The zero-order valence-electron chi connectivity index (χ0n) is 11.6. The second-order valence-electron chi connectivity index (χ2n) is 5.08. The lowest BCUT2D eigenvalue weighted by molar-refractivity contribution is 0.181. The van der Waals surface area contributed by atoms with Gasteiger partial charge in [0.2, 0.25) is 0 Å². The van der Waals surface area contributed by atoms with Crippen molar-refractivity contribution < 1.29 is 4.79 Å². The van der Waals surface area contributed by atoms with E-state index < -0.39 is 0 Å². The second kappa shape index (κ2) is 5.48. The average molecular weight is 273 g/mol. The molecular formula is C14H19N5O. The van der Waals surface area contributed by atoms with Crippen LogP contribution in [0.15, 0.2) is 24.4 Å². The topological polar surface area (TPSA) is 62.5 Å². The fourth-order valence-corrected chi connectivity index (χ4v) is 2.74. The molecule has 3 heterocycles. The van der Waals surface area contributed by atoms with E-state index in [-0.39, 0.29) is 6.03 Å². The van der Waals surface area contributed by atoms with E-state index in [9.17, 15) is 4.79 Å². The number of urea groups is 1. The predicted octanol–water partition coefficient (Wildman–Crippen LogP) is 1.64. The highest BCUT2D eigenvalue weighted by molar-refractivity contribution is 5.74. The minimum atomic E-state index is 0.0389. The summed E-state index contributed by atoms with van der Waals surface area (Å²) in [5.41, 5.74) is 0.883. The molecule has 0 radical (unpaired) electrons. The van der Waals surface area contributed by atoms with E-state index in [2.05, 4.69) is 15.5 Å². The molecular weight excluding hydrogens is 254 g/mol. The van der Waals surface area contributed by atoms with Crippen LogP contribution >= 0.6 is 0 Å². The summed E-state index contributed by atoms with van der Waals surface area (Å²) in [6, 6.07) is 5.95. The van der Waals surface area contributed by atoms with Crippen molar-refractivity contribution in [2.75, 3.05) is 19.6 Å². The first-order valence-electron chi connectivity index (χ1n) is 7.12. The third kappa shape index (κ3) is 2.33. The van der Waals surface area contributed by atoms with Gasteiger partial charge in [-0.15, -0.1) is 10.2 Å². The van der Waals surface area contributed by atoms with E-state index in [4.69, 9.17) is 0 Å². The van der Waals surface area contributed by atoms with Gasteiger partial charge in [-0.1, -0.05) is 6.07 Å². The number of hydrogen-bond acceptors (Lipinski definition) is 3. The molecule has 0 unspecified atom stereocenters. The second-order valence-corrected chi connectivity index (χ2v) is 5.08. The summed E-state index contributed by atoms with van der Waals surface area (Å²) in [5.74, 6) is 1.38. The lowest BCUT2D eigenvalue weighted by Crippen LogP contribution is -2.44. The highest BCUT2D eigenvalue weighted by Crippen LogP contribution is 2.26. The number of aromatic nitrogens is 3. The molecule has 6 nitrogen and oxygen atoms in total. The quantitative estimate of drug-likeness (QED) is 0.904. The van der Waals surface area contributed by atoms with Gasteiger partial charge in [0.25, 0.3) is 0 Å². The Morgan fingerprint density at radius 2 is 2.15 bits per heavy atom. The van der Waals surface area contributed by atoms with Gasteiger partial charge in [0.05, 0.1) is 0 Å². The predicted molar refractivity (Wildman–Crippen MR) is 75.6 cm³/mol. The molecule has 106 valence electrons. The van der Waals surface area contributed by atoms with Crippen molar-refractivity contribution in [3.8, 4) is 0 Å². The Labute approximate surface area is 117 Å². The van der Waals surface area contributed by atoms with Gasteiger partial charge in [-0.3, -0.25) is 4.40 Å². The number of nitrogens with zero attached hydrogens (tertiary/aromatic N) is 4. The van der Waals surface area contributed by atoms with Gasteiger partial charge in [0, 0.05) is 31.7 Å². The van der Waals surface area contributed by atoms with E-state index >= 15 is 0 Å². The van der Waals surface area contributed by atoms with E-state index in [1.165, 1.54) is 0 Å². The average Bonchev–Trinajstić information content (AvgIpc) is 2.92. The van der Waals surface area contributed by atoms with Crippen molar-refractivity contribution in [2.24, 2.45) is 0 Å². The zero-order chi connectivity index (χ0) is 13.9. The maximum Gasteiger partial charge on any atom is 0.317 e. The van der Waals surface area contributed by atoms with E-state index in [0.29, 0.717) is 12.5 Å². The maximum atomic E-state index is 11.8. The smallest absolute Gasteiger partial charge is 0.317 e. The van der Waals surface area contributed by atoms with Gasteiger partial charge in [-0.05, 0) is 31.9 Å². The van der Waals surface area contributed by atoms with Crippen LogP contribution in [-0.2, 0) is 0 Å². The SMILES string of the molecule is CCNC(=O)N1CCC(c2nnc3ccccn23)CC1. The number of piperidine rings is 1. The Morgan fingerprint density at radius 1 is 1.35 bits per heavy atom. The van der Waals surface area contributed by atoms with Gasteiger partial charge in [0.1, 0.15) is 5.82 Å². The highest BCUT2D eigenvalue weighted by Gasteiger charge is 2.26. The summed E-state index contributed by atoms with van der Waals surface area (Å²) in [6.45, 7) is 4.16. The monoisotopic (exact) mass is 273 g/mol. The molecule has 1 aliphatic rings. The third-order valence-corrected chi connectivity index (χ3v) is 3.82. The van der Waals surface area contributed by atoms with Gasteiger partial charge in [-0.25, -0.2) is 4.79 Å². The summed E-state index contributed by atoms with van der Waals surface area (Å²) >= 11 is 0. The van der Waals surface area contributed by atoms with Gasteiger partial charge in [-0.2, -0.15) is 0 Å². The van der Waals surface area contributed by atoms with Gasteiger partial charge >= 0.3 is 6.03 Å². The molecule has 0 bridgehead atoms. The van der Waals surface area contributed by atoms with Crippen LogP contribution in [0.2, 0.25) is 0 Å². The Bertz CT molecular complexity index is 600. The molecule has 1 N–H and O–H groups in total. The fraction of sp³-hybridized carbons (Fsp3) is 0.500. The molecule has 0 aromatic carbocycles. The summed E-state index contributed by atoms with van der Waals surface area (Å²) in [6.07, 6.45) is 3.88. The molecule has 2 aromatic rings. The number of amides is 2. The van der Waals surface area contributed by atoms with Gasteiger partial charge in [0.15, 0.2) is 5.65 Å². The maximum absolute atomic E-state index is 11.8. The molecule has 0 saturated carbocycles. The lowest BCUT2D eigenvalue weighted by Gasteiger charge is -2.31. The number of hydrogen-bond donors (Lipinski definition) is 1. The van der Waals surface area contributed by atoms with Crippen LogP contribution in [0.5, 0.6) is 0 Å². The van der Waals surface area contributed by atoms with Crippen LogP contribution in [0.25, 0.3) is 5.65 Å². The first-order valence-corrected chi connectivity index (χ1v) is 7.12. The van der Waals surface area contributed by atoms with Crippen molar-refractivity contribution in [2.45, 2.75) is 25.7 Å². The van der Waals surface area contributed by atoms with E-state index in [0.717, 1.165) is 37.4 Å². The zero-order valence-corrected chi connectivity index (χ0v) is 11.6. The molecule has 1 fully saturated rings. The largest absolute Gasteiger partial charge is 0.338 e. The van der Waals surface area contributed by atoms with Crippen molar-refractivity contribution >= 4 is 11.7 Å². The number of carbonyl (C=O) groups excluding carboxylic acids is 1. The van der Waals surface area contributed by atoms with Crippen molar-refractivity contribution in [3.05, 3.63) is 30.2 Å². The Kier molecular flexibility index (Phi) is 3.54. The molecule has 0 spiro atoms. The van der Waals surface area contributed by atoms with Crippen LogP contribution < -0.4 is 5.32 Å². The molecule has 2 amide bonds. The minimum Gasteiger partial charge on any atom is -0.338 e. The van der Waals surface area contributed by atoms with Gasteiger partial charge < -0.3 is 10.2 Å². The summed E-state index contributed by atoms with van der Waals surface area (Å²) in [7, 11) is 0. The normalized spacial score (nSPS) is 16.6. The lowest BCUT2D eigenvalue weighted by atomic mass is 9.96. The minimum absolute atomic E-state index is 0.0389. The molecule has 6 heteroatoms. The van der Waals surface area contributed by atoms with E-state index in [1.807, 2.05) is 40.6 Å². The van der Waals surface area contributed by atoms with E-state index in [1.54, 1.807) is 0 Å². The van der Waals surface area contributed by atoms with Crippen LogP contribution in [0, 0.1) is 0 Å². The highest BCUT2D eigenvalue weighted by atomic mass is 16.2. The Morgan fingerprint density at radius 3 is 2.90 bits per heavy atom. The van der Waals surface area contributed by atoms with Crippen molar-refractivity contribution in [1.82, 2.24) is 24.8 Å². The van der Waals surface area contributed by atoms with Crippen molar-refractivity contribution in [3.63, 3.8) is 0 Å². The molecule has 0 aliphatic carbocycles. The molecule has 3 rings (SSSR count). The number of carbonyl (C=O) groups is 1. The first kappa shape index (κ1) is 12.9. The van der Waals surface area contributed by atoms with Crippen molar-refractivity contribution in [1.29, 1.82) is 0 Å². The molecule has 1 aliphatic heterocycles.